The van der Waals surface area contributed by atoms with E-state index in [-0.39, 0.29) is 5.54 Å². The Morgan fingerprint density at radius 2 is 2.00 bits per heavy atom. The number of hydrogen-bond acceptors (Lipinski definition) is 7. The summed E-state index contributed by atoms with van der Waals surface area (Å²) in [6, 6.07) is 8.46. The number of carbonyl (C=O) groups is 1. The summed E-state index contributed by atoms with van der Waals surface area (Å²) in [7, 11) is 0. The van der Waals surface area contributed by atoms with E-state index in [0.29, 0.717) is 34.7 Å². The zero-order chi connectivity index (χ0) is 18.7. The molecule has 2 aromatic rings. The maximum Gasteiger partial charge on any atom is 0.413 e. The normalized spacial score (nSPS) is 12.8. The molecular weight excluding hydrogens is 336 g/mol. The molecule has 1 aromatic heterocycles. The molecule has 3 rings (SSSR count). The second-order valence-electron chi connectivity index (χ2n) is 6.68. The lowest BCUT2D eigenvalue weighted by atomic mass is 10.1. The minimum atomic E-state index is -0.532. The number of aromatic nitrogens is 1. The van der Waals surface area contributed by atoms with E-state index in [0.717, 1.165) is 0 Å². The fourth-order valence-corrected chi connectivity index (χ4v) is 2.16. The van der Waals surface area contributed by atoms with Crippen molar-refractivity contribution in [2.24, 2.45) is 4.99 Å². The molecule has 1 aliphatic heterocycles. The van der Waals surface area contributed by atoms with Crippen LogP contribution in [-0.2, 0) is 4.84 Å². The highest BCUT2D eigenvalue weighted by atomic mass is 16.7. The smallest absolute Gasteiger partial charge is 0.413 e. The van der Waals surface area contributed by atoms with Crippen molar-refractivity contribution in [3.05, 3.63) is 36.5 Å². The first-order valence-electron chi connectivity index (χ1n) is 8.05. The molecule has 0 saturated heterocycles. The van der Waals surface area contributed by atoms with Crippen molar-refractivity contribution < 1.29 is 19.1 Å². The highest BCUT2D eigenvalue weighted by molar-refractivity contribution is 5.84. The predicted molar refractivity (Wildman–Crippen MR) is 97.1 cm³/mol. The third-order valence-electron chi connectivity index (χ3n) is 3.18. The van der Waals surface area contributed by atoms with E-state index in [1.807, 2.05) is 20.8 Å². The first-order chi connectivity index (χ1) is 12.3. The van der Waals surface area contributed by atoms with Gasteiger partial charge in [0.05, 0.1) is 0 Å². The van der Waals surface area contributed by atoms with Crippen LogP contribution in [-0.4, -0.2) is 22.5 Å². The number of hydrogen-bond donors (Lipinski definition) is 2. The monoisotopic (exact) mass is 356 g/mol. The van der Waals surface area contributed by atoms with E-state index < -0.39 is 6.09 Å². The lowest BCUT2D eigenvalue weighted by molar-refractivity contribution is 0.190. The van der Waals surface area contributed by atoms with E-state index in [2.05, 4.69) is 20.8 Å². The van der Waals surface area contributed by atoms with Crippen LogP contribution >= 0.6 is 0 Å². The molecule has 0 atom stereocenters. The topological polar surface area (TPSA) is 94.1 Å². The zero-order valence-corrected chi connectivity index (χ0v) is 15.0. The van der Waals surface area contributed by atoms with Gasteiger partial charge in [-0.15, -0.1) is 0 Å². The third-order valence-corrected chi connectivity index (χ3v) is 3.18. The van der Waals surface area contributed by atoms with Gasteiger partial charge in [0.15, 0.2) is 17.3 Å². The molecule has 0 aliphatic carbocycles. The summed E-state index contributed by atoms with van der Waals surface area (Å²) in [5.41, 5.74) is 2.90. The van der Waals surface area contributed by atoms with Crippen LogP contribution < -0.4 is 20.3 Å². The summed E-state index contributed by atoms with van der Waals surface area (Å²) >= 11 is 0. The number of fused-ring (bicyclic) bond motifs is 1. The van der Waals surface area contributed by atoms with Crippen LogP contribution in [0.5, 0.6) is 17.2 Å². The first kappa shape index (κ1) is 17.5. The van der Waals surface area contributed by atoms with Gasteiger partial charge in [0, 0.05) is 30.8 Å². The highest BCUT2D eigenvalue weighted by Crippen LogP contribution is 2.38. The molecule has 0 fully saturated rings. The Balaban J connectivity index is 1.76. The summed E-state index contributed by atoms with van der Waals surface area (Å²) in [6.45, 7) is 7.34. The van der Waals surface area contributed by atoms with Gasteiger partial charge in [-0.3, -0.25) is 0 Å². The standard InChI is InChI=1S/C18H20N4O4/c1-11-20-16-15(22-26-11)14(8-9-19-16)24-12-6-5-7-13(10-12)25-17(23)21-18(2,3)4/h5-10,22H,1-4H3,(H,21,23). The molecule has 8 heteroatoms. The van der Waals surface area contributed by atoms with Crippen molar-refractivity contribution >= 4 is 23.5 Å². The van der Waals surface area contributed by atoms with Gasteiger partial charge in [-0.25, -0.2) is 15.3 Å². The largest absolute Gasteiger partial charge is 0.455 e. The summed E-state index contributed by atoms with van der Waals surface area (Å²) in [6.07, 6.45) is 1.06. The fraction of sp³-hybridized carbons (Fsp3) is 0.278. The van der Waals surface area contributed by atoms with E-state index in [9.17, 15) is 4.79 Å². The minimum absolute atomic E-state index is 0.366. The van der Waals surface area contributed by atoms with Crippen LogP contribution in [0, 0.1) is 0 Å². The zero-order valence-electron chi connectivity index (χ0n) is 15.0. The Morgan fingerprint density at radius 1 is 1.23 bits per heavy atom. The molecule has 0 spiro atoms. The number of ether oxygens (including phenoxy) is 2. The van der Waals surface area contributed by atoms with Crippen molar-refractivity contribution in [3.63, 3.8) is 0 Å². The number of carbonyl (C=O) groups excluding carboxylic acids is 1. The van der Waals surface area contributed by atoms with E-state index >= 15 is 0 Å². The van der Waals surface area contributed by atoms with Gasteiger partial charge in [-0.05, 0) is 32.9 Å². The molecule has 0 unspecified atom stereocenters. The lowest BCUT2D eigenvalue weighted by Gasteiger charge is -2.20. The molecule has 136 valence electrons. The molecule has 2 N–H and O–H groups in total. The number of rotatable bonds is 3. The molecule has 0 saturated carbocycles. The molecule has 8 nitrogen and oxygen atoms in total. The summed E-state index contributed by atoms with van der Waals surface area (Å²) in [4.78, 5) is 25.5. The molecule has 1 aromatic carbocycles. The second-order valence-corrected chi connectivity index (χ2v) is 6.68. The average Bonchev–Trinajstić information content (AvgIpc) is 2.53. The fourth-order valence-electron chi connectivity index (χ4n) is 2.16. The molecule has 0 bridgehead atoms. The molecule has 2 heterocycles. The Bertz CT molecular complexity index is 859. The van der Waals surface area contributed by atoms with Crippen LogP contribution in [0.25, 0.3) is 0 Å². The molecule has 26 heavy (non-hydrogen) atoms. The maximum absolute atomic E-state index is 11.9. The van der Waals surface area contributed by atoms with E-state index in [4.69, 9.17) is 14.3 Å². The van der Waals surface area contributed by atoms with Crippen molar-refractivity contribution in [1.82, 2.24) is 10.3 Å². The van der Waals surface area contributed by atoms with E-state index in [1.54, 1.807) is 43.5 Å². The number of pyridine rings is 1. The first-order valence-corrected chi connectivity index (χ1v) is 8.05. The molecule has 0 radical (unpaired) electrons. The minimum Gasteiger partial charge on any atom is -0.455 e. The summed E-state index contributed by atoms with van der Waals surface area (Å²) < 4.78 is 11.2. The summed E-state index contributed by atoms with van der Waals surface area (Å²) in [5.74, 6) is 2.28. The lowest BCUT2D eigenvalue weighted by Crippen LogP contribution is -2.42. The summed E-state index contributed by atoms with van der Waals surface area (Å²) in [5, 5.41) is 2.73. The van der Waals surface area contributed by atoms with Crippen molar-refractivity contribution in [2.45, 2.75) is 33.2 Å². The van der Waals surface area contributed by atoms with E-state index in [1.165, 1.54) is 0 Å². The van der Waals surface area contributed by atoms with Crippen LogP contribution in [0.3, 0.4) is 0 Å². The Labute approximate surface area is 151 Å². The highest BCUT2D eigenvalue weighted by Gasteiger charge is 2.18. The van der Waals surface area contributed by atoms with Crippen molar-refractivity contribution in [1.29, 1.82) is 0 Å². The molecular formula is C18H20N4O4. The van der Waals surface area contributed by atoms with Crippen LogP contribution in [0.2, 0.25) is 0 Å². The van der Waals surface area contributed by atoms with Crippen molar-refractivity contribution in [3.8, 4) is 17.2 Å². The number of nitrogens with one attached hydrogen (secondary N) is 2. The van der Waals surface area contributed by atoms with Gasteiger partial charge < -0.3 is 19.6 Å². The van der Waals surface area contributed by atoms with Gasteiger partial charge >= 0.3 is 6.09 Å². The van der Waals surface area contributed by atoms with Crippen LogP contribution in [0.15, 0.2) is 41.5 Å². The quantitative estimate of drug-likeness (QED) is 0.857. The number of amides is 1. The predicted octanol–water partition coefficient (Wildman–Crippen LogP) is 4.17. The molecule has 1 amide bonds. The van der Waals surface area contributed by atoms with Gasteiger partial charge in [0.25, 0.3) is 0 Å². The van der Waals surface area contributed by atoms with Gasteiger partial charge in [-0.1, -0.05) is 6.07 Å². The molecule has 1 aliphatic rings. The number of anilines is 1. The second kappa shape index (κ2) is 6.91. The van der Waals surface area contributed by atoms with Crippen LogP contribution in [0.4, 0.5) is 16.3 Å². The number of aliphatic imine (C=N–C) groups is 1. The van der Waals surface area contributed by atoms with Gasteiger partial charge in [-0.2, -0.15) is 4.99 Å². The third kappa shape index (κ3) is 4.41. The Hall–Kier alpha value is -3.29. The van der Waals surface area contributed by atoms with Crippen molar-refractivity contribution in [2.75, 3.05) is 5.48 Å². The Morgan fingerprint density at radius 3 is 2.77 bits per heavy atom. The number of benzene rings is 1. The number of nitrogens with zero attached hydrogens (tertiary/aromatic N) is 2. The van der Waals surface area contributed by atoms with Crippen LogP contribution in [0.1, 0.15) is 27.7 Å². The van der Waals surface area contributed by atoms with Gasteiger partial charge in [0.1, 0.15) is 11.5 Å². The SMILES string of the molecule is CC1=Nc2nccc(Oc3cccc(OC(=O)NC(C)(C)C)c3)c2NO1. The Kier molecular flexibility index (Phi) is 4.66. The average molecular weight is 356 g/mol. The van der Waals surface area contributed by atoms with Gasteiger partial charge in [0.2, 0.25) is 5.90 Å². The maximum atomic E-state index is 11.9.